The van der Waals surface area contributed by atoms with E-state index < -0.39 is 5.63 Å². The molecule has 0 saturated carbocycles. The SMILES string of the molecule is O=c1oc2c(c(O)c1-c1ccccc1)c(=O)sc1ccccc12. The van der Waals surface area contributed by atoms with Crippen LogP contribution in [0, 0.1) is 0 Å². The van der Waals surface area contributed by atoms with E-state index in [1.807, 2.05) is 0 Å². The Morgan fingerprint density at radius 3 is 2.39 bits per heavy atom. The van der Waals surface area contributed by atoms with Gasteiger partial charge in [-0.15, -0.1) is 0 Å². The predicted octanol–water partition coefficient (Wildman–Crippen LogP) is 3.74. The van der Waals surface area contributed by atoms with Crippen LogP contribution in [0.3, 0.4) is 0 Å². The molecule has 2 aromatic carbocycles. The molecule has 0 fully saturated rings. The number of hydrogen-bond acceptors (Lipinski definition) is 5. The molecule has 1 N–H and O–H groups in total. The third kappa shape index (κ3) is 2.05. The highest BCUT2D eigenvalue weighted by atomic mass is 32.1. The average Bonchev–Trinajstić information content (AvgIpc) is 2.55. The lowest BCUT2D eigenvalue weighted by Gasteiger charge is -2.07. The molecule has 0 aliphatic carbocycles. The molecule has 0 saturated heterocycles. The Bertz CT molecular complexity index is 1160. The van der Waals surface area contributed by atoms with Crippen molar-refractivity contribution in [2.75, 3.05) is 0 Å². The Labute approximate surface area is 133 Å². The van der Waals surface area contributed by atoms with Crippen LogP contribution in [0.2, 0.25) is 0 Å². The molecule has 4 rings (SSSR count). The minimum Gasteiger partial charge on any atom is -0.506 e. The molecule has 4 nitrogen and oxygen atoms in total. The second-order valence-electron chi connectivity index (χ2n) is 5.07. The lowest BCUT2D eigenvalue weighted by molar-refractivity contribution is 0.471. The van der Waals surface area contributed by atoms with Crippen molar-refractivity contribution in [3.05, 3.63) is 74.6 Å². The fourth-order valence-electron chi connectivity index (χ4n) is 2.66. The summed E-state index contributed by atoms with van der Waals surface area (Å²) in [5, 5.41) is 11.3. The zero-order chi connectivity index (χ0) is 16.0. The van der Waals surface area contributed by atoms with Crippen LogP contribution in [0.1, 0.15) is 0 Å². The molecule has 0 amide bonds. The second-order valence-corrected chi connectivity index (χ2v) is 6.08. The number of fused-ring (bicyclic) bond motifs is 3. The Kier molecular flexibility index (Phi) is 3.02. The molecular formula is C18H10O4S. The zero-order valence-corrected chi connectivity index (χ0v) is 12.6. The lowest BCUT2D eigenvalue weighted by Crippen LogP contribution is -2.07. The van der Waals surface area contributed by atoms with Crippen LogP contribution in [0.15, 0.2) is 68.6 Å². The fourth-order valence-corrected chi connectivity index (χ4v) is 3.56. The fraction of sp³-hybridized carbons (Fsp3) is 0. The molecule has 2 heterocycles. The normalized spacial score (nSPS) is 11.1. The average molecular weight is 322 g/mol. The first kappa shape index (κ1) is 13.7. The summed E-state index contributed by atoms with van der Waals surface area (Å²) in [5.74, 6) is -0.325. The third-order valence-electron chi connectivity index (χ3n) is 3.70. The van der Waals surface area contributed by atoms with Crippen molar-refractivity contribution in [2.24, 2.45) is 0 Å². The van der Waals surface area contributed by atoms with E-state index in [-0.39, 0.29) is 27.0 Å². The first-order valence-electron chi connectivity index (χ1n) is 6.94. The highest BCUT2D eigenvalue weighted by Gasteiger charge is 2.20. The Hall–Kier alpha value is -2.92. The van der Waals surface area contributed by atoms with E-state index in [2.05, 4.69) is 0 Å². The molecule has 0 radical (unpaired) electrons. The van der Waals surface area contributed by atoms with E-state index in [1.54, 1.807) is 54.6 Å². The van der Waals surface area contributed by atoms with Gasteiger partial charge in [-0.3, -0.25) is 4.79 Å². The highest BCUT2D eigenvalue weighted by molar-refractivity contribution is 7.17. The molecule has 0 bridgehead atoms. The molecule has 2 aromatic heterocycles. The minimum atomic E-state index is -0.665. The molecular weight excluding hydrogens is 312 g/mol. The van der Waals surface area contributed by atoms with Gasteiger partial charge in [0.2, 0.25) is 4.74 Å². The van der Waals surface area contributed by atoms with Gasteiger partial charge in [-0.1, -0.05) is 53.8 Å². The largest absolute Gasteiger partial charge is 0.506 e. The highest BCUT2D eigenvalue weighted by Crippen LogP contribution is 2.34. The van der Waals surface area contributed by atoms with E-state index >= 15 is 0 Å². The van der Waals surface area contributed by atoms with E-state index in [0.717, 1.165) is 11.3 Å². The van der Waals surface area contributed by atoms with Gasteiger partial charge in [-0.05, 0) is 17.7 Å². The first-order valence-corrected chi connectivity index (χ1v) is 7.75. The van der Waals surface area contributed by atoms with Crippen LogP contribution in [0.25, 0.3) is 32.2 Å². The van der Waals surface area contributed by atoms with Crippen LogP contribution >= 0.6 is 11.3 Å². The van der Waals surface area contributed by atoms with Gasteiger partial charge in [0, 0.05) is 10.1 Å². The molecule has 0 aliphatic heterocycles. The van der Waals surface area contributed by atoms with Crippen LogP contribution in [-0.2, 0) is 0 Å². The topological polar surface area (TPSA) is 67.5 Å². The van der Waals surface area contributed by atoms with Crippen LogP contribution in [-0.4, -0.2) is 5.11 Å². The van der Waals surface area contributed by atoms with Gasteiger partial charge in [-0.2, -0.15) is 0 Å². The summed E-state index contributed by atoms with van der Waals surface area (Å²) in [6, 6.07) is 15.8. The summed E-state index contributed by atoms with van der Waals surface area (Å²) in [7, 11) is 0. The smallest absolute Gasteiger partial charge is 0.348 e. The Morgan fingerprint density at radius 2 is 1.61 bits per heavy atom. The summed E-state index contributed by atoms with van der Waals surface area (Å²) in [6.07, 6.45) is 0. The Morgan fingerprint density at radius 1 is 0.913 bits per heavy atom. The maximum absolute atomic E-state index is 12.4. The monoisotopic (exact) mass is 322 g/mol. The molecule has 112 valence electrons. The van der Waals surface area contributed by atoms with Crippen molar-refractivity contribution in [2.45, 2.75) is 0 Å². The van der Waals surface area contributed by atoms with Gasteiger partial charge >= 0.3 is 5.63 Å². The van der Waals surface area contributed by atoms with Gasteiger partial charge in [0.25, 0.3) is 0 Å². The van der Waals surface area contributed by atoms with E-state index in [1.165, 1.54) is 0 Å². The summed E-state index contributed by atoms with van der Waals surface area (Å²) in [6.45, 7) is 0. The molecule has 23 heavy (non-hydrogen) atoms. The summed E-state index contributed by atoms with van der Waals surface area (Å²) in [4.78, 5) is 24.8. The molecule has 0 spiro atoms. The van der Waals surface area contributed by atoms with Crippen LogP contribution in [0.4, 0.5) is 0 Å². The van der Waals surface area contributed by atoms with Gasteiger partial charge in [-0.25, -0.2) is 4.79 Å². The van der Waals surface area contributed by atoms with Gasteiger partial charge < -0.3 is 9.52 Å². The summed E-state index contributed by atoms with van der Waals surface area (Å²) in [5.41, 5.74) is -0.00984. The third-order valence-corrected chi connectivity index (χ3v) is 4.67. The lowest BCUT2D eigenvalue weighted by atomic mass is 10.0. The number of aromatic hydroxyl groups is 1. The van der Waals surface area contributed by atoms with Crippen molar-refractivity contribution in [1.82, 2.24) is 0 Å². The summed E-state index contributed by atoms with van der Waals surface area (Å²) >= 11 is 1.02. The molecule has 4 aromatic rings. The van der Waals surface area contributed by atoms with Crippen molar-refractivity contribution in [1.29, 1.82) is 0 Å². The van der Waals surface area contributed by atoms with Crippen molar-refractivity contribution < 1.29 is 9.52 Å². The van der Waals surface area contributed by atoms with Gasteiger partial charge in [0.1, 0.15) is 16.7 Å². The standard InChI is InChI=1S/C18H10O4S/c19-15-13(10-6-2-1-3-7-10)17(20)22-16-11-8-4-5-9-12(11)23-18(21)14(15)16/h1-9,19H. The van der Waals surface area contributed by atoms with Crippen LogP contribution in [0.5, 0.6) is 5.75 Å². The van der Waals surface area contributed by atoms with E-state index in [4.69, 9.17) is 4.42 Å². The van der Waals surface area contributed by atoms with Gasteiger partial charge in [0.05, 0.1) is 0 Å². The maximum atomic E-state index is 12.4. The zero-order valence-electron chi connectivity index (χ0n) is 11.8. The minimum absolute atomic E-state index is 0.0117. The number of hydrogen-bond donors (Lipinski definition) is 1. The molecule has 0 unspecified atom stereocenters. The number of benzene rings is 2. The van der Waals surface area contributed by atoms with Crippen LogP contribution < -0.4 is 10.4 Å². The molecule has 0 atom stereocenters. The van der Waals surface area contributed by atoms with E-state index in [9.17, 15) is 14.7 Å². The van der Waals surface area contributed by atoms with E-state index in [0.29, 0.717) is 15.6 Å². The molecule has 0 aliphatic rings. The quantitative estimate of drug-likeness (QED) is 0.542. The van der Waals surface area contributed by atoms with Crippen molar-refractivity contribution in [3.63, 3.8) is 0 Å². The number of rotatable bonds is 1. The maximum Gasteiger partial charge on any atom is 0.348 e. The first-order chi connectivity index (χ1) is 11.2. The second kappa shape index (κ2) is 5.07. The van der Waals surface area contributed by atoms with Crippen molar-refractivity contribution in [3.8, 4) is 16.9 Å². The van der Waals surface area contributed by atoms with Gasteiger partial charge in [0.15, 0.2) is 5.58 Å². The Balaban J connectivity index is 2.23. The summed E-state index contributed by atoms with van der Waals surface area (Å²) < 4.78 is 5.79. The van der Waals surface area contributed by atoms with Crippen molar-refractivity contribution >= 4 is 32.4 Å². The molecule has 5 heteroatoms. The predicted molar refractivity (Wildman–Crippen MR) is 91.2 cm³/mol.